The highest BCUT2D eigenvalue weighted by Gasteiger charge is 2.20. The number of nitrogens with one attached hydrogen (secondary N) is 2. The Kier molecular flexibility index (Phi) is 7.84. The maximum absolute atomic E-state index is 11.9. The Balaban J connectivity index is 2.30. The van der Waals surface area contributed by atoms with Gasteiger partial charge in [0.2, 0.25) is 5.91 Å². The zero-order chi connectivity index (χ0) is 18.3. The van der Waals surface area contributed by atoms with Crippen molar-refractivity contribution in [3.63, 3.8) is 0 Å². The Bertz CT molecular complexity index is 586. The van der Waals surface area contributed by atoms with Gasteiger partial charge in [-0.05, 0) is 58.2 Å². The number of halogens is 2. The molecule has 2 amide bonds. The lowest BCUT2D eigenvalue weighted by Crippen LogP contribution is -2.46. The minimum Gasteiger partial charge on any atom is -0.444 e. The average molecular weight is 375 g/mol. The molecule has 1 rings (SSSR count). The van der Waals surface area contributed by atoms with Crippen molar-refractivity contribution in [3.8, 4) is 0 Å². The highest BCUT2D eigenvalue weighted by Crippen LogP contribution is 2.23. The van der Waals surface area contributed by atoms with Gasteiger partial charge in [-0.3, -0.25) is 4.79 Å². The van der Waals surface area contributed by atoms with E-state index in [-0.39, 0.29) is 5.91 Å². The number of benzene rings is 1. The van der Waals surface area contributed by atoms with Gasteiger partial charge in [0.15, 0.2) is 0 Å². The van der Waals surface area contributed by atoms with E-state index in [1.807, 2.05) is 12.1 Å². The van der Waals surface area contributed by atoms with Crippen molar-refractivity contribution in [1.82, 2.24) is 10.6 Å². The number of hydrogen-bond acceptors (Lipinski definition) is 3. The van der Waals surface area contributed by atoms with Crippen LogP contribution in [0, 0.1) is 0 Å². The monoisotopic (exact) mass is 374 g/mol. The molecule has 0 radical (unpaired) electrons. The SMILES string of the molecule is CC(NC(=O)OC(C)(C)C)C(=O)NCCCc1ccc(Cl)c(Cl)c1. The molecule has 7 heteroatoms. The lowest BCUT2D eigenvalue weighted by Gasteiger charge is -2.21. The molecule has 0 saturated carbocycles. The first kappa shape index (κ1) is 20.6. The molecule has 1 atom stereocenters. The maximum Gasteiger partial charge on any atom is 0.408 e. The zero-order valence-corrected chi connectivity index (χ0v) is 15.9. The van der Waals surface area contributed by atoms with Gasteiger partial charge in [0.1, 0.15) is 11.6 Å². The smallest absolute Gasteiger partial charge is 0.408 e. The van der Waals surface area contributed by atoms with Crippen LogP contribution in [0.15, 0.2) is 18.2 Å². The summed E-state index contributed by atoms with van der Waals surface area (Å²) in [6.45, 7) is 7.40. The predicted molar refractivity (Wildman–Crippen MR) is 96.6 cm³/mol. The largest absolute Gasteiger partial charge is 0.444 e. The first-order valence-corrected chi connectivity index (χ1v) is 8.55. The Hall–Kier alpha value is -1.46. The summed E-state index contributed by atoms with van der Waals surface area (Å²) in [5.74, 6) is -0.255. The maximum atomic E-state index is 11.9. The normalized spacial score (nSPS) is 12.4. The number of carbonyl (C=O) groups is 2. The van der Waals surface area contributed by atoms with E-state index in [0.717, 1.165) is 18.4 Å². The van der Waals surface area contributed by atoms with Crippen LogP contribution >= 0.6 is 23.2 Å². The van der Waals surface area contributed by atoms with Gasteiger partial charge in [-0.15, -0.1) is 0 Å². The summed E-state index contributed by atoms with van der Waals surface area (Å²) < 4.78 is 5.11. The van der Waals surface area contributed by atoms with Gasteiger partial charge in [-0.2, -0.15) is 0 Å². The van der Waals surface area contributed by atoms with E-state index in [0.29, 0.717) is 16.6 Å². The van der Waals surface area contributed by atoms with Crippen molar-refractivity contribution >= 4 is 35.2 Å². The Morgan fingerprint density at radius 2 is 1.88 bits per heavy atom. The van der Waals surface area contributed by atoms with Gasteiger partial charge < -0.3 is 15.4 Å². The van der Waals surface area contributed by atoms with Crippen molar-refractivity contribution in [3.05, 3.63) is 33.8 Å². The van der Waals surface area contributed by atoms with E-state index in [2.05, 4.69) is 10.6 Å². The summed E-state index contributed by atoms with van der Waals surface area (Å²) in [5, 5.41) is 6.33. The van der Waals surface area contributed by atoms with Crippen molar-refractivity contribution in [2.75, 3.05) is 6.54 Å². The third kappa shape index (κ3) is 7.88. The van der Waals surface area contributed by atoms with Crippen LogP contribution in [0.1, 0.15) is 39.7 Å². The number of amides is 2. The summed E-state index contributed by atoms with van der Waals surface area (Å²) in [4.78, 5) is 23.5. The van der Waals surface area contributed by atoms with Gasteiger partial charge in [0.25, 0.3) is 0 Å². The minimum absolute atomic E-state index is 0.255. The van der Waals surface area contributed by atoms with Crippen LogP contribution in [0.2, 0.25) is 10.0 Å². The van der Waals surface area contributed by atoms with Crippen LogP contribution in [-0.4, -0.2) is 30.2 Å². The van der Waals surface area contributed by atoms with Crippen LogP contribution in [0.3, 0.4) is 0 Å². The minimum atomic E-state index is -0.662. The third-order valence-electron chi connectivity index (χ3n) is 3.05. The van der Waals surface area contributed by atoms with Gasteiger partial charge in [-0.25, -0.2) is 4.79 Å². The zero-order valence-electron chi connectivity index (χ0n) is 14.4. The molecule has 5 nitrogen and oxygen atoms in total. The van der Waals surface area contributed by atoms with Crippen LogP contribution in [0.25, 0.3) is 0 Å². The lowest BCUT2D eigenvalue weighted by molar-refractivity contribution is -0.122. The van der Waals surface area contributed by atoms with Crippen LogP contribution in [0.4, 0.5) is 4.79 Å². The van der Waals surface area contributed by atoms with Crippen molar-refractivity contribution in [1.29, 1.82) is 0 Å². The number of alkyl carbamates (subject to hydrolysis) is 1. The molecule has 1 aromatic rings. The molecule has 1 aromatic carbocycles. The Morgan fingerprint density at radius 3 is 2.46 bits per heavy atom. The van der Waals surface area contributed by atoms with E-state index in [9.17, 15) is 9.59 Å². The van der Waals surface area contributed by atoms with E-state index in [1.54, 1.807) is 33.8 Å². The predicted octanol–water partition coefficient (Wildman–Crippen LogP) is 3.96. The lowest BCUT2D eigenvalue weighted by atomic mass is 10.1. The molecule has 0 bridgehead atoms. The van der Waals surface area contributed by atoms with Crippen LogP contribution in [-0.2, 0) is 16.0 Å². The second-order valence-corrected chi connectivity index (χ2v) is 7.33. The van der Waals surface area contributed by atoms with E-state index in [1.165, 1.54) is 0 Å². The molecule has 0 aliphatic carbocycles. The molecule has 0 heterocycles. The third-order valence-corrected chi connectivity index (χ3v) is 3.79. The first-order chi connectivity index (χ1) is 11.1. The molecule has 2 N–H and O–H groups in total. The van der Waals surface area contributed by atoms with Crippen molar-refractivity contribution < 1.29 is 14.3 Å². The van der Waals surface area contributed by atoms with Gasteiger partial charge in [0, 0.05) is 6.54 Å². The molecule has 0 fully saturated rings. The number of ether oxygens (including phenoxy) is 1. The van der Waals surface area contributed by atoms with E-state index >= 15 is 0 Å². The fourth-order valence-corrected chi connectivity index (χ4v) is 2.22. The number of carbonyl (C=O) groups excluding carboxylic acids is 2. The molecule has 0 aromatic heterocycles. The standard InChI is InChI=1S/C17H24Cl2N2O3/c1-11(21-16(23)24-17(2,3)4)15(22)20-9-5-6-12-7-8-13(18)14(19)10-12/h7-8,10-11H,5-6,9H2,1-4H3,(H,20,22)(H,21,23). The molecule has 134 valence electrons. The molecule has 1 unspecified atom stereocenters. The second kappa shape index (κ2) is 9.14. The van der Waals surface area contributed by atoms with E-state index in [4.69, 9.17) is 27.9 Å². The Morgan fingerprint density at radius 1 is 1.21 bits per heavy atom. The number of rotatable bonds is 6. The average Bonchev–Trinajstić information content (AvgIpc) is 2.44. The molecule has 0 aliphatic rings. The fourth-order valence-electron chi connectivity index (χ4n) is 1.90. The quantitative estimate of drug-likeness (QED) is 0.740. The topological polar surface area (TPSA) is 67.4 Å². The Labute approximate surface area is 153 Å². The number of aryl methyl sites for hydroxylation is 1. The highest BCUT2D eigenvalue weighted by atomic mass is 35.5. The van der Waals surface area contributed by atoms with Crippen molar-refractivity contribution in [2.45, 2.75) is 52.2 Å². The number of hydrogen-bond donors (Lipinski definition) is 2. The molecule has 24 heavy (non-hydrogen) atoms. The first-order valence-electron chi connectivity index (χ1n) is 7.79. The molecule has 0 spiro atoms. The summed E-state index contributed by atoms with van der Waals surface area (Å²) >= 11 is 11.8. The second-order valence-electron chi connectivity index (χ2n) is 6.51. The summed E-state index contributed by atoms with van der Waals surface area (Å²) in [6, 6.07) is 4.82. The summed E-state index contributed by atoms with van der Waals surface area (Å²) in [7, 11) is 0. The van der Waals surface area contributed by atoms with Gasteiger partial charge in [-0.1, -0.05) is 29.3 Å². The summed E-state index contributed by atoms with van der Waals surface area (Å²) in [6.07, 6.45) is 0.912. The van der Waals surface area contributed by atoms with Crippen LogP contribution < -0.4 is 10.6 Å². The van der Waals surface area contributed by atoms with Crippen molar-refractivity contribution in [2.24, 2.45) is 0 Å². The highest BCUT2D eigenvalue weighted by molar-refractivity contribution is 6.42. The molecule has 0 saturated heterocycles. The molecular formula is C17H24Cl2N2O3. The van der Waals surface area contributed by atoms with Gasteiger partial charge >= 0.3 is 6.09 Å². The summed E-state index contributed by atoms with van der Waals surface area (Å²) in [5.41, 5.74) is 0.457. The molecule has 0 aliphatic heterocycles. The van der Waals surface area contributed by atoms with E-state index < -0.39 is 17.7 Å². The van der Waals surface area contributed by atoms with Gasteiger partial charge in [0.05, 0.1) is 10.0 Å². The molecular weight excluding hydrogens is 351 g/mol. The fraction of sp³-hybridized carbons (Fsp3) is 0.529. The van der Waals surface area contributed by atoms with Crippen LogP contribution in [0.5, 0.6) is 0 Å².